The van der Waals surface area contributed by atoms with Gasteiger partial charge in [0.15, 0.2) is 0 Å². The molecule has 0 bridgehead atoms. The largest absolute Gasteiger partial charge is 0.388 e. The highest BCUT2D eigenvalue weighted by Crippen LogP contribution is 2.30. The number of hydrogen-bond acceptors (Lipinski definition) is 3. The molecule has 3 heteroatoms. The van der Waals surface area contributed by atoms with E-state index in [1.165, 1.54) is 15.6 Å². The van der Waals surface area contributed by atoms with Crippen LogP contribution >= 0.6 is 11.3 Å². The molecule has 1 heterocycles. The van der Waals surface area contributed by atoms with Gasteiger partial charge in [-0.25, -0.2) is 0 Å². The Morgan fingerprint density at radius 2 is 2.06 bits per heavy atom. The molecule has 0 saturated heterocycles. The van der Waals surface area contributed by atoms with Gasteiger partial charge in [-0.1, -0.05) is 32.0 Å². The molecular weight excluding hydrogens is 230 g/mol. The van der Waals surface area contributed by atoms with Gasteiger partial charge >= 0.3 is 0 Å². The number of benzene rings is 1. The number of rotatable bonds is 4. The Morgan fingerprint density at radius 3 is 2.71 bits per heavy atom. The average molecular weight is 249 g/mol. The molecule has 0 aliphatic carbocycles. The molecule has 0 fully saturated rings. The monoisotopic (exact) mass is 249 g/mol. The second-order valence-electron chi connectivity index (χ2n) is 4.90. The lowest BCUT2D eigenvalue weighted by Crippen LogP contribution is -2.44. The summed E-state index contributed by atoms with van der Waals surface area (Å²) < 4.78 is 1.27. The van der Waals surface area contributed by atoms with Crippen LogP contribution in [0.5, 0.6) is 0 Å². The van der Waals surface area contributed by atoms with E-state index in [-0.39, 0.29) is 5.92 Å². The summed E-state index contributed by atoms with van der Waals surface area (Å²) in [6, 6.07) is 8.30. The molecule has 0 aliphatic heterocycles. The molecule has 0 spiro atoms. The lowest BCUT2D eigenvalue weighted by Gasteiger charge is -2.30. The van der Waals surface area contributed by atoms with Crippen molar-refractivity contribution in [2.24, 2.45) is 11.7 Å². The summed E-state index contributed by atoms with van der Waals surface area (Å²) in [6.07, 6.45) is 0.630. The Morgan fingerprint density at radius 1 is 1.35 bits per heavy atom. The van der Waals surface area contributed by atoms with Crippen molar-refractivity contribution < 1.29 is 5.11 Å². The maximum Gasteiger partial charge on any atom is 0.0832 e. The van der Waals surface area contributed by atoms with E-state index < -0.39 is 5.60 Å². The maximum absolute atomic E-state index is 10.5. The molecule has 0 aliphatic rings. The third-order valence-electron chi connectivity index (χ3n) is 3.49. The normalized spacial score (nSPS) is 15.4. The van der Waals surface area contributed by atoms with Crippen LogP contribution in [0.1, 0.15) is 19.4 Å². The summed E-state index contributed by atoms with van der Waals surface area (Å²) in [6.45, 7) is 4.33. The first-order valence-electron chi connectivity index (χ1n) is 5.94. The zero-order chi connectivity index (χ0) is 12.5. The first-order valence-corrected chi connectivity index (χ1v) is 6.82. The van der Waals surface area contributed by atoms with Crippen LogP contribution in [0, 0.1) is 5.92 Å². The molecule has 2 aromatic rings. The molecule has 0 amide bonds. The van der Waals surface area contributed by atoms with Crippen molar-refractivity contribution in [3.05, 3.63) is 35.2 Å². The molecule has 1 aromatic heterocycles. The maximum atomic E-state index is 10.5. The van der Waals surface area contributed by atoms with Crippen LogP contribution in [-0.2, 0) is 6.42 Å². The van der Waals surface area contributed by atoms with Crippen LogP contribution in [0.4, 0.5) is 0 Å². The highest BCUT2D eigenvalue weighted by atomic mass is 32.1. The number of hydrogen-bond donors (Lipinski definition) is 2. The van der Waals surface area contributed by atoms with E-state index in [0.717, 1.165) is 0 Å². The van der Waals surface area contributed by atoms with E-state index in [1.807, 2.05) is 26.0 Å². The van der Waals surface area contributed by atoms with E-state index in [4.69, 9.17) is 5.73 Å². The molecule has 2 rings (SSSR count). The summed E-state index contributed by atoms with van der Waals surface area (Å²) in [5, 5.41) is 13.9. The Balaban J connectivity index is 2.35. The van der Waals surface area contributed by atoms with Crippen LogP contribution in [0.3, 0.4) is 0 Å². The van der Waals surface area contributed by atoms with E-state index in [2.05, 4.69) is 17.5 Å². The highest BCUT2D eigenvalue weighted by Gasteiger charge is 2.30. The van der Waals surface area contributed by atoms with Crippen molar-refractivity contribution in [1.82, 2.24) is 0 Å². The lowest BCUT2D eigenvalue weighted by molar-refractivity contribution is 0.00443. The van der Waals surface area contributed by atoms with Crippen molar-refractivity contribution >= 4 is 21.4 Å². The molecule has 3 N–H and O–H groups in total. The second kappa shape index (κ2) is 4.77. The fourth-order valence-electron chi connectivity index (χ4n) is 2.01. The molecule has 17 heavy (non-hydrogen) atoms. The zero-order valence-corrected chi connectivity index (χ0v) is 11.1. The van der Waals surface area contributed by atoms with Gasteiger partial charge in [-0.3, -0.25) is 0 Å². The van der Waals surface area contributed by atoms with Gasteiger partial charge < -0.3 is 10.8 Å². The zero-order valence-electron chi connectivity index (χ0n) is 10.3. The van der Waals surface area contributed by atoms with Crippen LogP contribution < -0.4 is 5.73 Å². The predicted octanol–water partition coefficient (Wildman–Crippen LogP) is 2.79. The van der Waals surface area contributed by atoms with Crippen molar-refractivity contribution in [2.45, 2.75) is 25.9 Å². The standard InChI is InChI=1S/C14H19NOS/c1-10(2)14(16,9-15)7-11-8-17-13-6-4-3-5-12(11)13/h3-6,8,10,16H,7,9,15H2,1-2H3. The van der Waals surface area contributed by atoms with E-state index in [9.17, 15) is 5.11 Å². The Labute approximate surface area is 106 Å². The lowest BCUT2D eigenvalue weighted by atomic mass is 9.84. The SMILES string of the molecule is CC(C)C(O)(CN)Cc1csc2ccccc12. The first kappa shape index (κ1) is 12.6. The Kier molecular flexibility index (Phi) is 3.52. The molecule has 92 valence electrons. The van der Waals surface area contributed by atoms with Gasteiger partial charge in [-0.15, -0.1) is 11.3 Å². The molecule has 2 nitrogen and oxygen atoms in total. The number of fused-ring (bicyclic) bond motifs is 1. The third kappa shape index (κ3) is 2.37. The second-order valence-corrected chi connectivity index (χ2v) is 5.81. The van der Waals surface area contributed by atoms with E-state index in [1.54, 1.807) is 11.3 Å². The fourth-order valence-corrected chi connectivity index (χ4v) is 2.97. The molecule has 1 aromatic carbocycles. The van der Waals surface area contributed by atoms with E-state index >= 15 is 0 Å². The van der Waals surface area contributed by atoms with Gasteiger partial charge in [0.2, 0.25) is 0 Å². The predicted molar refractivity (Wildman–Crippen MR) is 74.4 cm³/mol. The quantitative estimate of drug-likeness (QED) is 0.875. The molecule has 0 radical (unpaired) electrons. The summed E-state index contributed by atoms with van der Waals surface area (Å²) >= 11 is 1.72. The van der Waals surface area contributed by atoms with E-state index in [0.29, 0.717) is 13.0 Å². The van der Waals surface area contributed by atoms with Gasteiger partial charge in [0.1, 0.15) is 0 Å². The minimum atomic E-state index is -0.802. The van der Waals surface area contributed by atoms with Gasteiger partial charge in [-0.05, 0) is 28.3 Å². The van der Waals surface area contributed by atoms with Gasteiger partial charge in [-0.2, -0.15) is 0 Å². The van der Waals surface area contributed by atoms with Gasteiger partial charge in [0, 0.05) is 17.7 Å². The minimum absolute atomic E-state index is 0.158. The third-order valence-corrected chi connectivity index (χ3v) is 4.50. The van der Waals surface area contributed by atoms with Crippen molar-refractivity contribution in [3.63, 3.8) is 0 Å². The number of nitrogens with two attached hydrogens (primary N) is 1. The highest BCUT2D eigenvalue weighted by molar-refractivity contribution is 7.17. The molecule has 0 saturated carbocycles. The Bertz CT molecular complexity index is 506. The molecule has 1 unspecified atom stereocenters. The van der Waals surface area contributed by atoms with Gasteiger partial charge in [0.25, 0.3) is 0 Å². The minimum Gasteiger partial charge on any atom is -0.388 e. The summed E-state index contributed by atoms with van der Waals surface area (Å²) in [4.78, 5) is 0. The van der Waals surface area contributed by atoms with Crippen LogP contribution in [0.15, 0.2) is 29.6 Å². The van der Waals surface area contributed by atoms with Crippen LogP contribution in [0.25, 0.3) is 10.1 Å². The first-order chi connectivity index (χ1) is 8.07. The van der Waals surface area contributed by atoms with Crippen molar-refractivity contribution in [2.75, 3.05) is 6.54 Å². The summed E-state index contributed by atoms with van der Waals surface area (Å²) in [5.41, 5.74) is 6.12. The average Bonchev–Trinajstić information content (AvgIpc) is 2.72. The van der Waals surface area contributed by atoms with Gasteiger partial charge in [0.05, 0.1) is 5.60 Å². The number of aliphatic hydroxyl groups is 1. The number of thiophene rings is 1. The fraction of sp³-hybridized carbons (Fsp3) is 0.429. The summed E-state index contributed by atoms with van der Waals surface area (Å²) in [5.74, 6) is 0.158. The molecular formula is C14H19NOS. The van der Waals surface area contributed by atoms with Crippen LogP contribution in [-0.4, -0.2) is 17.3 Å². The van der Waals surface area contributed by atoms with Crippen molar-refractivity contribution in [1.29, 1.82) is 0 Å². The smallest absolute Gasteiger partial charge is 0.0832 e. The topological polar surface area (TPSA) is 46.2 Å². The summed E-state index contributed by atoms with van der Waals surface area (Å²) in [7, 11) is 0. The Hall–Kier alpha value is -0.900. The molecule has 1 atom stereocenters. The van der Waals surface area contributed by atoms with Crippen LogP contribution in [0.2, 0.25) is 0 Å². The van der Waals surface area contributed by atoms with Crippen molar-refractivity contribution in [3.8, 4) is 0 Å².